The molecule has 0 fully saturated rings. The van der Waals surface area contributed by atoms with Crippen LogP contribution in [0.3, 0.4) is 0 Å². The highest BCUT2D eigenvalue weighted by Gasteiger charge is 2.27. The van der Waals surface area contributed by atoms with Gasteiger partial charge in [0.1, 0.15) is 19.8 Å². The zero-order chi connectivity index (χ0) is 42.8. The number of carbonyl (C=O) groups excluding carboxylic acids is 2. The van der Waals surface area contributed by atoms with Crippen molar-refractivity contribution in [2.24, 2.45) is 0 Å². The number of phosphoric ester groups is 1. The van der Waals surface area contributed by atoms with Crippen LogP contribution in [-0.2, 0) is 32.7 Å². The van der Waals surface area contributed by atoms with Crippen molar-refractivity contribution in [2.75, 3.05) is 47.5 Å². The monoisotopic (exact) mass is 833 g/mol. The van der Waals surface area contributed by atoms with Gasteiger partial charge in [0.15, 0.2) is 6.10 Å². The Bertz CT molecular complexity index is 1260. The van der Waals surface area contributed by atoms with Gasteiger partial charge in [0.2, 0.25) is 0 Å². The molecule has 0 spiro atoms. The molecule has 0 amide bonds. The fourth-order valence-electron chi connectivity index (χ4n) is 5.57. The average Bonchev–Trinajstić information content (AvgIpc) is 3.17. The molecule has 0 aromatic rings. The van der Waals surface area contributed by atoms with Crippen molar-refractivity contribution >= 4 is 19.8 Å². The van der Waals surface area contributed by atoms with E-state index < -0.39 is 26.5 Å². The van der Waals surface area contributed by atoms with Crippen LogP contribution in [-0.4, -0.2) is 74.9 Å². The minimum Gasteiger partial charge on any atom is -0.462 e. The molecule has 2 unspecified atom stereocenters. The van der Waals surface area contributed by atoms with Crippen molar-refractivity contribution in [3.05, 3.63) is 85.1 Å². The average molecular weight is 833 g/mol. The predicted molar refractivity (Wildman–Crippen MR) is 242 cm³/mol. The van der Waals surface area contributed by atoms with E-state index in [2.05, 4.69) is 62.5 Å². The number of rotatable bonds is 39. The molecule has 0 aliphatic rings. The van der Waals surface area contributed by atoms with E-state index in [0.29, 0.717) is 17.4 Å². The van der Waals surface area contributed by atoms with Crippen LogP contribution in [0.2, 0.25) is 0 Å². The van der Waals surface area contributed by atoms with Crippen molar-refractivity contribution < 1.29 is 42.1 Å². The molecule has 9 nitrogen and oxygen atoms in total. The van der Waals surface area contributed by atoms with Gasteiger partial charge in [-0.1, -0.05) is 163 Å². The van der Waals surface area contributed by atoms with E-state index in [0.717, 1.165) is 64.2 Å². The fourth-order valence-corrected chi connectivity index (χ4v) is 6.31. The van der Waals surface area contributed by atoms with E-state index in [1.807, 2.05) is 57.6 Å². The number of allylic oxidation sites excluding steroid dienone is 14. The number of ether oxygens (including phenoxy) is 2. The van der Waals surface area contributed by atoms with Gasteiger partial charge in [0.25, 0.3) is 0 Å². The molecule has 2 atom stereocenters. The summed E-state index contributed by atoms with van der Waals surface area (Å²) in [6, 6.07) is 0. The maximum Gasteiger partial charge on any atom is 0.472 e. The topological polar surface area (TPSA) is 108 Å². The van der Waals surface area contributed by atoms with E-state index in [-0.39, 0.29) is 32.0 Å². The Morgan fingerprint density at radius 3 is 1.60 bits per heavy atom. The lowest BCUT2D eigenvalue weighted by Crippen LogP contribution is -2.37. The van der Waals surface area contributed by atoms with Gasteiger partial charge in [-0.15, -0.1) is 0 Å². The number of quaternary nitrogens is 1. The molecular weight excluding hydrogens is 750 g/mol. The zero-order valence-electron chi connectivity index (χ0n) is 37.2. The molecule has 0 heterocycles. The van der Waals surface area contributed by atoms with Gasteiger partial charge in [-0.3, -0.25) is 18.6 Å². The number of hydrogen-bond acceptors (Lipinski definition) is 7. The van der Waals surface area contributed by atoms with Gasteiger partial charge in [-0.25, -0.2) is 4.57 Å². The van der Waals surface area contributed by atoms with Crippen molar-refractivity contribution in [2.45, 2.75) is 161 Å². The second-order valence-corrected chi connectivity index (χ2v) is 17.2. The normalized spacial score (nSPS) is 14.4. The van der Waals surface area contributed by atoms with Gasteiger partial charge in [-0.05, 0) is 64.2 Å². The van der Waals surface area contributed by atoms with Gasteiger partial charge < -0.3 is 18.9 Å². The molecule has 0 aliphatic heterocycles. The Morgan fingerprint density at radius 1 is 0.552 bits per heavy atom. The smallest absolute Gasteiger partial charge is 0.462 e. The molecule has 0 rings (SSSR count). The molecule has 1 N–H and O–H groups in total. The Balaban J connectivity index is 4.34. The van der Waals surface area contributed by atoms with E-state index >= 15 is 0 Å². The lowest BCUT2D eigenvalue weighted by atomic mass is 10.0. The zero-order valence-corrected chi connectivity index (χ0v) is 38.1. The summed E-state index contributed by atoms with van der Waals surface area (Å²) >= 11 is 0. The van der Waals surface area contributed by atoms with Gasteiger partial charge in [0.05, 0.1) is 27.7 Å². The molecule has 332 valence electrons. The molecule has 10 heteroatoms. The highest BCUT2D eigenvalue weighted by molar-refractivity contribution is 7.47. The minimum absolute atomic E-state index is 0.0188. The number of carbonyl (C=O) groups is 2. The molecule has 0 aliphatic carbocycles. The fraction of sp³-hybridized carbons (Fsp3) is 0.667. The lowest BCUT2D eigenvalue weighted by molar-refractivity contribution is -0.870. The first-order chi connectivity index (χ1) is 28.0. The van der Waals surface area contributed by atoms with Crippen LogP contribution < -0.4 is 0 Å². The first kappa shape index (κ1) is 55.2. The van der Waals surface area contributed by atoms with Crippen molar-refractivity contribution in [1.29, 1.82) is 0 Å². The van der Waals surface area contributed by atoms with E-state index in [1.54, 1.807) is 0 Å². The summed E-state index contributed by atoms with van der Waals surface area (Å²) in [6.07, 6.45) is 50.7. The molecule has 58 heavy (non-hydrogen) atoms. The molecule has 0 aromatic carbocycles. The van der Waals surface area contributed by atoms with Gasteiger partial charge in [0, 0.05) is 12.8 Å². The Morgan fingerprint density at radius 2 is 1.02 bits per heavy atom. The summed E-state index contributed by atoms with van der Waals surface area (Å²) in [7, 11) is 1.43. The van der Waals surface area contributed by atoms with Crippen LogP contribution in [0.25, 0.3) is 0 Å². The molecule has 0 saturated heterocycles. The van der Waals surface area contributed by atoms with Gasteiger partial charge >= 0.3 is 19.8 Å². The second-order valence-electron chi connectivity index (χ2n) is 15.8. The third kappa shape index (κ3) is 42.8. The first-order valence-corrected chi connectivity index (χ1v) is 23.9. The van der Waals surface area contributed by atoms with Crippen LogP contribution in [0.4, 0.5) is 0 Å². The van der Waals surface area contributed by atoms with Crippen molar-refractivity contribution in [3.63, 3.8) is 0 Å². The summed E-state index contributed by atoms with van der Waals surface area (Å²) in [4.78, 5) is 35.4. The summed E-state index contributed by atoms with van der Waals surface area (Å²) < 4.78 is 34.2. The number of phosphoric acid groups is 1. The largest absolute Gasteiger partial charge is 0.472 e. The molecular formula is C48H83NO8P+. The first-order valence-electron chi connectivity index (χ1n) is 22.4. The Kier molecular flexibility index (Phi) is 37.7. The number of hydrogen-bond donors (Lipinski definition) is 1. The summed E-state index contributed by atoms with van der Waals surface area (Å²) in [5.41, 5.74) is 0. The summed E-state index contributed by atoms with van der Waals surface area (Å²) in [5, 5.41) is 0. The number of likely N-dealkylation sites (N-methyl/N-ethyl adjacent to an activating group) is 1. The highest BCUT2D eigenvalue weighted by atomic mass is 31.2. The quantitative estimate of drug-likeness (QED) is 0.0163. The summed E-state index contributed by atoms with van der Waals surface area (Å²) in [5.74, 6) is -0.855. The third-order valence-electron chi connectivity index (χ3n) is 9.02. The van der Waals surface area contributed by atoms with Crippen LogP contribution in [0, 0.1) is 0 Å². The van der Waals surface area contributed by atoms with E-state index in [9.17, 15) is 19.0 Å². The number of esters is 2. The number of nitrogens with zero attached hydrogens (tertiary/aromatic N) is 1. The standard InChI is InChI=1S/C48H82NO8P/c1-6-8-10-12-14-16-18-20-21-22-23-24-25-26-27-29-30-32-34-36-38-40-47(50)54-44-46(45-56-58(52,53)55-43-42-49(3,4)5)57-48(51)41-39-37-35-33-31-28-19-17-15-13-11-9-7-2/h8-11,13-17,19-21,28,31,46H,6-7,12,18,22-27,29-30,32-45H2,1-5H3/p+1/b10-8+,11-9+,15-13+,16-14+,19-17+,21-20+,31-28+. The lowest BCUT2D eigenvalue weighted by Gasteiger charge is -2.24. The third-order valence-corrected chi connectivity index (χ3v) is 10.00. The molecule has 0 bridgehead atoms. The van der Waals surface area contributed by atoms with Crippen LogP contribution in [0.1, 0.15) is 155 Å². The van der Waals surface area contributed by atoms with E-state index in [4.69, 9.17) is 18.5 Å². The van der Waals surface area contributed by atoms with Crippen LogP contribution in [0.5, 0.6) is 0 Å². The summed E-state index contributed by atoms with van der Waals surface area (Å²) in [6.45, 7) is 4.10. The maximum atomic E-state index is 12.7. The minimum atomic E-state index is -4.39. The van der Waals surface area contributed by atoms with Gasteiger partial charge in [-0.2, -0.15) is 0 Å². The highest BCUT2D eigenvalue weighted by Crippen LogP contribution is 2.43. The van der Waals surface area contributed by atoms with Crippen molar-refractivity contribution in [3.8, 4) is 0 Å². The second kappa shape index (κ2) is 39.6. The van der Waals surface area contributed by atoms with E-state index in [1.165, 1.54) is 57.8 Å². The van der Waals surface area contributed by atoms with Crippen LogP contribution in [0.15, 0.2) is 85.1 Å². The SMILES string of the molecule is CC/C=C/C=C/C=C/C=C/CCCCCC(=O)OC(COC(=O)CCCCCCCCCCCCC/C=C/C/C=C/C/C=C/CC)COP(=O)(O)OCC[N+](C)(C)C. The maximum absolute atomic E-state index is 12.7. The Hall–Kier alpha value is -2.81. The molecule has 0 radical (unpaired) electrons. The Labute approximate surface area is 354 Å². The molecule has 0 aromatic heterocycles. The number of unbranched alkanes of at least 4 members (excludes halogenated alkanes) is 14. The van der Waals surface area contributed by atoms with Crippen LogP contribution >= 0.6 is 7.82 Å². The van der Waals surface area contributed by atoms with Crippen molar-refractivity contribution in [1.82, 2.24) is 0 Å². The predicted octanol–water partition coefficient (Wildman–Crippen LogP) is 12.8. The molecule has 0 saturated carbocycles.